The SMILES string of the molecule is O=C(CI)c1ccccc1Br. The number of alkyl halides is 1. The molecule has 0 heterocycles. The van der Waals surface area contributed by atoms with Crippen molar-refractivity contribution < 1.29 is 4.79 Å². The van der Waals surface area contributed by atoms with Crippen molar-refractivity contribution in [3.63, 3.8) is 0 Å². The van der Waals surface area contributed by atoms with Crippen LogP contribution < -0.4 is 0 Å². The van der Waals surface area contributed by atoms with Gasteiger partial charge in [-0.25, -0.2) is 0 Å². The van der Waals surface area contributed by atoms with Crippen LogP contribution in [0.3, 0.4) is 0 Å². The number of Topliss-reactive ketones (excluding diaryl/α,β-unsaturated/α-hetero) is 1. The fraction of sp³-hybridized carbons (Fsp3) is 0.125. The minimum absolute atomic E-state index is 0.165. The maximum atomic E-state index is 11.2. The molecule has 0 aliphatic heterocycles. The molecule has 3 heteroatoms. The van der Waals surface area contributed by atoms with Crippen LogP contribution in [0, 0.1) is 0 Å². The van der Waals surface area contributed by atoms with Gasteiger partial charge in [-0.2, -0.15) is 0 Å². The first-order chi connectivity index (χ1) is 5.25. The van der Waals surface area contributed by atoms with E-state index in [1.807, 2.05) is 24.3 Å². The fourth-order valence-corrected chi connectivity index (χ4v) is 1.68. The lowest BCUT2D eigenvalue weighted by molar-refractivity contribution is 0.102. The van der Waals surface area contributed by atoms with Gasteiger partial charge in [0.2, 0.25) is 0 Å². The van der Waals surface area contributed by atoms with E-state index in [0.717, 1.165) is 10.0 Å². The van der Waals surface area contributed by atoms with Gasteiger partial charge in [-0.15, -0.1) is 0 Å². The van der Waals surface area contributed by atoms with Crippen LogP contribution in [0.25, 0.3) is 0 Å². The second-order valence-electron chi connectivity index (χ2n) is 2.04. The van der Waals surface area contributed by atoms with Crippen LogP contribution in [0.1, 0.15) is 10.4 Å². The molecule has 0 aromatic heterocycles. The van der Waals surface area contributed by atoms with Crippen LogP contribution in [-0.4, -0.2) is 10.2 Å². The van der Waals surface area contributed by atoms with Crippen LogP contribution in [0.5, 0.6) is 0 Å². The van der Waals surface area contributed by atoms with Gasteiger partial charge in [0, 0.05) is 10.0 Å². The third-order valence-corrected chi connectivity index (χ3v) is 2.68. The van der Waals surface area contributed by atoms with E-state index >= 15 is 0 Å². The number of carbonyl (C=O) groups is 1. The Kier molecular flexibility index (Phi) is 3.51. The first-order valence-corrected chi connectivity index (χ1v) is 5.41. The molecule has 0 N–H and O–H groups in total. The summed E-state index contributed by atoms with van der Waals surface area (Å²) in [5.74, 6) is 0.165. The highest BCUT2D eigenvalue weighted by molar-refractivity contribution is 14.1. The Balaban J connectivity index is 3.03. The molecule has 1 nitrogen and oxygen atoms in total. The summed E-state index contributed by atoms with van der Waals surface area (Å²) < 4.78 is 1.40. The summed E-state index contributed by atoms with van der Waals surface area (Å²) in [5, 5.41) is 0. The molecule has 1 aromatic carbocycles. The van der Waals surface area contributed by atoms with E-state index in [0.29, 0.717) is 4.43 Å². The predicted molar refractivity (Wildman–Crippen MR) is 57.4 cm³/mol. The third-order valence-electron chi connectivity index (χ3n) is 1.30. The van der Waals surface area contributed by atoms with E-state index < -0.39 is 0 Å². The predicted octanol–water partition coefficient (Wildman–Crippen LogP) is 3.07. The highest BCUT2D eigenvalue weighted by Gasteiger charge is 2.05. The molecule has 0 radical (unpaired) electrons. The lowest BCUT2D eigenvalue weighted by Crippen LogP contribution is -1.99. The summed E-state index contributed by atoms with van der Waals surface area (Å²) in [6, 6.07) is 7.46. The Hall–Kier alpha value is 0.1000. The number of benzene rings is 1. The van der Waals surface area contributed by atoms with E-state index in [2.05, 4.69) is 38.5 Å². The zero-order chi connectivity index (χ0) is 8.27. The van der Waals surface area contributed by atoms with Gasteiger partial charge >= 0.3 is 0 Å². The van der Waals surface area contributed by atoms with Gasteiger partial charge in [0.1, 0.15) is 0 Å². The van der Waals surface area contributed by atoms with Gasteiger partial charge in [-0.1, -0.05) is 56.7 Å². The van der Waals surface area contributed by atoms with Gasteiger partial charge in [0.05, 0.1) is 4.43 Å². The average molecular weight is 325 g/mol. The Morgan fingerprint density at radius 2 is 2.09 bits per heavy atom. The molecule has 0 saturated heterocycles. The van der Waals surface area contributed by atoms with Crippen LogP contribution in [0.2, 0.25) is 0 Å². The van der Waals surface area contributed by atoms with E-state index in [1.165, 1.54) is 0 Å². The Morgan fingerprint density at radius 3 is 2.64 bits per heavy atom. The largest absolute Gasteiger partial charge is 0.293 e. The zero-order valence-electron chi connectivity index (χ0n) is 5.68. The van der Waals surface area contributed by atoms with E-state index in [1.54, 1.807) is 0 Å². The molecule has 0 unspecified atom stereocenters. The third kappa shape index (κ3) is 2.27. The van der Waals surface area contributed by atoms with Crippen molar-refractivity contribution in [2.24, 2.45) is 0 Å². The molecule has 0 saturated carbocycles. The molecule has 58 valence electrons. The Labute approximate surface area is 87.5 Å². The molecule has 1 aromatic rings. The Morgan fingerprint density at radius 1 is 1.45 bits per heavy atom. The highest BCUT2D eigenvalue weighted by Crippen LogP contribution is 2.16. The normalized spacial score (nSPS) is 9.64. The van der Waals surface area contributed by atoms with Crippen molar-refractivity contribution >= 4 is 44.3 Å². The number of ketones is 1. The number of carbonyl (C=O) groups excluding carboxylic acids is 1. The molecule has 11 heavy (non-hydrogen) atoms. The number of hydrogen-bond donors (Lipinski definition) is 0. The summed E-state index contributed by atoms with van der Waals surface area (Å²) in [6.07, 6.45) is 0. The summed E-state index contributed by atoms with van der Waals surface area (Å²) in [7, 11) is 0. The van der Waals surface area contributed by atoms with Gasteiger partial charge in [-0.3, -0.25) is 4.79 Å². The molecular formula is C8H6BrIO. The van der Waals surface area contributed by atoms with Gasteiger partial charge < -0.3 is 0 Å². The fourth-order valence-electron chi connectivity index (χ4n) is 0.759. The minimum Gasteiger partial charge on any atom is -0.293 e. The maximum absolute atomic E-state index is 11.2. The summed E-state index contributed by atoms with van der Waals surface area (Å²) in [5.41, 5.74) is 0.766. The van der Waals surface area contributed by atoms with Crippen molar-refractivity contribution in [1.82, 2.24) is 0 Å². The minimum atomic E-state index is 0.165. The second-order valence-corrected chi connectivity index (χ2v) is 3.65. The summed E-state index contributed by atoms with van der Waals surface area (Å²) in [4.78, 5) is 11.2. The highest BCUT2D eigenvalue weighted by atomic mass is 127. The van der Waals surface area contributed by atoms with Crippen LogP contribution in [0.15, 0.2) is 28.7 Å². The average Bonchev–Trinajstić information content (AvgIpc) is 2.04. The number of halogens is 2. The van der Waals surface area contributed by atoms with Crippen molar-refractivity contribution in [3.05, 3.63) is 34.3 Å². The lowest BCUT2D eigenvalue weighted by Gasteiger charge is -1.98. The monoisotopic (exact) mass is 324 g/mol. The van der Waals surface area contributed by atoms with Gasteiger partial charge in [0.15, 0.2) is 5.78 Å². The lowest BCUT2D eigenvalue weighted by atomic mass is 10.2. The van der Waals surface area contributed by atoms with Gasteiger partial charge in [-0.05, 0) is 6.07 Å². The van der Waals surface area contributed by atoms with Crippen LogP contribution >= 0.6 is 38.5 Å². The van der Waals surface area contributed by atoms with Crippen molar-refractivity contribution in [2.45, 2.75) is 0 Å². The van der Waals surface area contributed by atoms with Gasteiger partial charge in [0.25, 0.3) is 0 Å². The van der Waals surface area contributed by atoms with Crippen molar-refractivity contribution in [1.29, 1.82) is 0 Å². The molecule has 0 fully saturated rings. The first-order valence-electron chi connectivity index (χ1n) is 3.09. The van der Waals surface area contributed by atoms with E-state index in [4.69, 9.17) is 0 Å². The van der Waals surface area contributed by atoms with E-state index in [-0.39, 0.29) is 5.78 Å². The molecule has 0 aliphatic carbocycles. The topological polar surface area (TPSA) is 17.1 Å². The second kappa shape index (κ2) is 4.21. The number of rotatable bonds is 2. The number of hydrogen-bond acceptors (Lipinski definition) is 1. The molecule has 1 rings (SSSR count). The molecular weight excluding hydrogens is 319 g/mol. The molecule has 0 aliphatic rings. The molecule has 0 amide bonds. The maximum Gasteiger partial charge on any atom is 0.173 e. The Bertz CT molecular complexity index is 273. The van der Waals surface area contributed by atoms with Crippen LogP contribution in [-0.2, 0) is 0 Å². The summed E-state index contributed by atoms with van der Waals surface area (Å²) in [6.45, 7) is 0. The smallest absolute Gasteiger partial charge is 0.173 e. The first kappa shape index (κ1) is 9.19. The molecule has 0 atom stereocenters. The molecule has 0 spiro atoms. The van der Waals surface area contributed by atoms with Crippen LogP contribution in [0.4, 0.5) is 0 Å². The summed E-state index contributed by atoms with van der Waals surface area (Å²) >= 11 is 5.38. The quantitative estimate of drug-likeness (QED) is 0.464. The van der Waals surface area contributed by atoms with E-state index in [9.17, 15) is 4.79 Å². The standard InChI is InChI=1S/C8H6BrIO/c9-7-4-2-1-3-6(7)8(11)5-10/h1-4H,5H2. The zero-order valence-corrected chi connectivity index (χ0v) is 9.42. The van der Waals surface area contributed by atoms with Crippen molar-refractivity contribution in [2.75, 3.05) is 4.43 Å². The van der Waals surface area contributed by atoms with Crippen molar-refractivity contribution in [3.8, 4) is 0 Å². The molecule has 0 bridgehead atoms.